The number of hydrogen-bond acceptors (Lipinski definition) is 5. The van der Waals surface area contributed by atoms with E-state index in [9.17, 15) is 9.59 Å². The number of aryl methyl sites for hydroxylation is 2. The maximum atomic E-state index is 13.4. The van der Waals surface area contributed by atoms with Gasteiger partial charge in [-0.2, -0.15) is 4.52 Å². The highest BCUT2D eigenvalue weighted by atomic mass is 79.9. The van der Waals surface area contributed by atoms with Crippen LogP contribution in [0.5, 0.6) is 0 Å². The summed E-state index contributed by atoms with van der Waals surface area (Å²) in [6, 6.07) is 16.7. The molecular formula is C23H17BrN4O2S. The third-order valence-corrected chi connectivity index (χ3v) is 7.11. The van der Waals surface area contributed by atoms with Crippen LogP contribution in [0.1, 0.15) is 20.8 Å². The molecule has 0 bridgehead atoms. The molecule has 0 saturated heterocycles. The number of rotatable bonds is 4. The van der Waals surface area contributed by atoms with Crippen molar-refractivity contribution in [3.8, 4) is 11.4 Å². The lowest BCUT2D eigenvalue weighted by Gasteiger charge is -2.08. The number of halogens is 1. The molecule has 5 rings (SSSR count). The van der Waals surface area contributed by atoms with Crippen LogP contribution in [0.2, 0.25) is 0 Å². The Labute approximate surface area is 189 Å². The highest BCUT2D eigenvalue weighted by molar-refractivity contribution is 9.10. The number of thiophene rings is 1. The normalized spacial score (nSPS) is 11.5. The Morgan fingerprint density at radius 3 is 2.48 bits per heavy atom. The Balaban J connectivity index is 1.73. The molecule has 0 amide bonds. The first-order chi connectivity index (χ1) is 14.9. The Morgan fingerprint density at radius 1 is 1.06 bits per heavy atom. The summed E-state index contributed by atoms with van der Waals surface area (Å²) in [5.41, 5.74) is 2.58. The van der Waals surface area contributed by atoms with Crippen LogP contribution in [0.3, 0.4) is 0 Å². The molecule has 154 valence electrons. The molecule has 6 nitrogen and oxygen atoms in total. The van der Waals surface area contributed by atoms with E-state index in [-0.39, 0.29) is 18.0 Å². The average molecular weight is 493 g/mol. The molecule has 31 heavy (non-hydrogen) atoms. The topological polar surface area (TPSA) is 69.3 Å². The largest absolute Gasteiger partial charge is 0.352 e. The summed E-state index contributed by atoms with van der Waals surface area (Å²) in [7, 11) is 0. The van der Waals surface area contributed by atoms with Crippen LogP contribution in [0.15, 0.2) is 63.9 Å². The summed E-state index contributed by atoms with van der Waals surface area (Å²) in [6.45, 7) is 3.96. The van der Waals surface area contributed by atoms with Gasteiger partial charge < -0.3 is 0 Å². The number of hydrogen-bond donors (Lipinski definition) is 0. The van der Waals surface area contributed by atoms with Crippen LogP contribution >= 0.6 is 27.3 Å². The van der Waals surface area contributed by atoms with Crippen molar-refractivity contribution < 1.29 is 4.79 Å². The standard InChI is InChI=1S/C23H17BrN4O2S/c1-13-14(2)31-22-19(13)21-25-20(16-6-4-3-5-7-16)26-28(21)23(30)27(22)12-18(29)15-8-10-17(24)11-9-15/h3-11H,12H2,1-2H3. The fourth-order valence-corrected chi connectivity index (χ4v) is 5.00. The van der Waals surface area contributed by atoms with Crippen LogP contribution in [0.4, 0.5) is 0 Å². The minimum Gasteiger partial charge on any atom is -0.292 e. The van der Waals surface area contributed by atoms with E-state index in [1.54, 1.807) is 12.1 Å². The molecule has 0 unspecified atom stereocenters. The first-order valence-electron chi connectivity index (χ1n) is 9.67. The van der Waals surface area contributed by atoms with Gasteiger partial charge in [-0.25, -0.2) is 9.78 Å². The van der Waals surface area contributed by atoms with Crippen LogP contribution < -0.4 is 5.69 Å². The second-order valence-electron chi connectivity index (χ2n) is 7.30. The van der Waals surface area contributed by atoms with Gasteiger partial charge >= 0.3 is 5.69 Å². The SMILES string of the molecule is Cc1sc2c(c1C)c1nc(-c3ccccc3)nn1c(=O)n2CC(=O)c1ccc(Br)cc1. The van der Waals surface area contributed by atoms with Crippen molar-refractivity contribution >= 4 is 48.9 Å². The molecule has 0 saturated carbocycles. The quantitative estimate of drug-likeness (QED) is 0.329. The summed E-state index contributed by atoms with van der Waals surface area (Å²) < 4.78 is 3.73. The van der Waals surface area contributed by atoms with E-state index in [2.05, 4.69) is 26.0 Å². The summed E-state index contributed by atoms with van der Waals surface area (Å²) in [5.74, 6) is 0.349. The second kappa shape index (κ2) is 7.55. The van der Waals surface area contributed by atoms with Gasteiger partial charge in [0.1, 0.15) is 4.83 Å². The average Bonchev–Trinajstić information content (AvgIpc) is 3.34. The van der Waals surface area contributed by atoms with Gasteiger partial charge in [0.05, 0.1) is 11.9 Å². The van der Waals surface area contributed by atoms with Gasteiger partial charge in [0.25, 0.3) is 0 Å². The summed E-state index contributed by atoms with van der Waals surface area (Å²) in [5, 5.41) is 5.36. The maximum absolute atomic E-state index is 13.4. The van der Waals surface area contributed by atoms with E-state index in [0.717, 1.165) is 30.7 Å². The van der Waals surface area contributed by atoms with Crippen molar-refractivity contribution in [2.75, 3.05) is 0 Å². The second-order valence-corrected chi connectivity index (χ2v) is 9.42. The zero-order valence-electron chi connectivity index (χ0n) is 16.8. The molecule has 5 aromatic rings. The number of Topliss-reactive ketones (excluding diaryl/α,β-unsaturated/α-hetero) is 1. The number of carbonyl (C=O) groups excluding carboxylic acids is 1. The Morgan fingerprint density at radius 2 is 1.77 bits per heavy atom. The van der Waals surface area contributed by atoms with E-state index >= 15 is 0 Å². The zero-order valence-corrected chi connectivity index (χ0v) is 19.2. The van der Waals surface area contributed by atoms with E-state index < -0.39 is 0 Å². The van der Waals surface area contributed by atoms with E-state index in [0.29, 0.717) is 17.0 Å². The zero-order chi connectivity index (χ0) is 21.7. The van der Waals surface area contributed by atoms with Crippen molar-refractivity contribution in [2.24, 2.45) is 0 Å². The molecule has 0 aliphatic rings. The number of fused-ring (bicyclic) bond motifs is 3. The Hall–Kier alpha value is -3.10. The van der Waals surface area contributed by atoms with Gasteiger partial charge in [0.15, 0.2) is 17.3 Å². The van der Waals surface area contributed by atoms with E-state index in [1.807, 2.05) is 56.3 Å². The lowest BCUT2D eigenvalue weighted by atomic mass is 10.1. The highest BCUT2D eigenvalue weighted by Gasteiger charge is 2.21. The van der Waals surface area contributed by atoms with E-state index in [4.69, 9.17) is 0 Å². The first kappa shape index (κ1) is 19.8. The molecule has 0 radical (unpaired) electrons. The fraction of sp³-hybridized carbons (Fsp3) is 0.130. The lowest BCUT2D eigenvalue weighted by Crippen LogP contribution is -2.30. The molecule has 3 aromatic heterocycles. The van der Waals surface area contributed by atoms with Crippen LogP contribution in [-0.4, -0.2) is 24.9 Å². The molecule has 0 fully saturated rings. The fourth-order valence-electron chi connectivity index (χ4n) is 3.59. The lowest BCUT2D eigenvalue weighted by molar-refractivity contribution is 0.0972. The molecule has 0 N–H and O–H groups in total. The minimum absolute atomic E-state index is 0.0627. The summed E-state index contributed by atoms with van der Waals surface area (Å²) in [6.07, 6.45) is 0. The van der Waals surface area contributed by atoms with Gasteiger partial charge in [0.2, 0.25) is 0 Å². The Kier molecular flexibility index (Phi) is 4.83. The number of carbonyl (C=O) groups is 1. The van der Waals surface area contributed by atoms with Crippen molar-refractivity contribution in [3.05, 3.63) is 85.6 Å². The number of ketones is 1. The molecule has 0 spiro atoms. The molecule has 8 heteroatoms. The van der Waals surface area contributed by atoms with Gasteiger partial charge in [-0.3, -0.25) is 9.36 Å². The van der Waals surface area contributed by atoms with Crippen LogP contribution in [-0.2, 0) is 6.54 Å². The van der Waals surface area contributed by atoms with Crippen LogP contribution in [0.25, 0.3) is 27.3 Å². The molecule has 2 aromatic carbocycles. The van der Waals surface area contributed by atoms with Crippen molar-refractivity contribution in [2.45, 2.75) is 20.4 Å². The van der Waals surface area contributed by atoms with Gasteiger partial charge in [-0.15, -0.1) is 16.4 Å². The van der Waals surface area contributed by atoms with Crippen molar-refractivity contribution in [1.82, 2.24) is 19.2 Å². The minimum atomic E-state index is -0.371. The van der Waals surface area contributed by atoms with Gasteiger partial charge in [-0.1, -0.05) is 58.4 Å². The maximum Gasteiger partial charge on any atom is 0.352 e. The molecule has 0 aliphatic heterocycles. The number of benzene rings is 2. The van der Waals surface area contributed by atoms with Crippen molar-refractivity contribution in [1.29, 1.82) is 0 Å². The molecular weight excluding hydrogens is 476 g/mol. The third kappa shape index (κ3) is 3.32. The number of nitrogens with zero attached hydrogens (tertiary/aromatic N) is 4. The molecule has 0 atom stereocenters. The van der Waals surface area contributed by atoms with Gasteiger partial charge in [-0.05, 0) is 31.5 Å². The predicted octanol–water partition coefficient (Wildman–Crippen LogP) is 5.03. The first-order valence-corrected chi connectivity index (χ1v) is 11.3. The summed E-state index contributed by atoms with van der Waals surface area (Å²) >= 11 is 4.88. The molecule has 3 heterocycles. The van der Waals surface area contributed by atoms with Gasteiger partial charge in [0, 0.05) is 20.5 Å². The van der Waals surface area contributed by atoms with Crippen LogP contribution in [0, 0.1) is 13.8 Å². The van der Waals surface area contributed by atoms with E-state index in [1.165, 1.54) is 20.4 Å². The monoisotopic (exact) mass is 492 g/mol. The van der Waals surface area contributed by atoms with Crippen molar-refractivity contribution in [3.63, 3.8) is 0 Å². The predicted molar refractivity (Wildman–Crippen MR) is 126 cm³/mol. The smallest absolute Gasteiger partial charge is 0.292 e. The third-order valence-electron chi connectivity index (χ3n) is 5.35. The number of aromatic nitrogens is 4. The summed E-state index contributed by atoms with van der Waals surface area (Å²) in [4.78, 5) is 32.9. The molecule has 0 aliphatic carbocycles. The Bertz CT molecular complexity index is 1520. The highest BCUT2D eigenvalue weighted by Crippen LogP contribution is 2.32.